The third-order valence-corrected chi connectivity index (χ3v) is 3.98. The second-order valence-corrected chi connectivity index (χ2v) is 6.25. The lowest BCUT2D eigenvalue weighted by Gasteiger charge is -2.08. The van der Waals surface area contributed by atoms with Crippen LogP contribution in [0.4, 0.5) is 5.69 Å². The first-order valence-electron chi connectivity index (χ1n) is 6.04. The summed E-state index contributed by atoms with van der Waals surface area (Å²) in [5.41, 5.74) is 1.05. The maximum absolute atomic E-state index is 11.8. The summed E-state index contributed by atoms with van der Waals surface area (Å²) in [5.74, 6) is -1.04. The van der Waals surface area contributed by atoms with Crippen molar-refractivity contribution in [2.24, 2.45) is 7.05 Å². The Balaban J connectivity index is 2.19. The third kappa shape index (κ3) is 4.02. The summed E-state index contributed by atoms with van der Waals surface area (Å²) in [4.78, 5) is 10.4. The number of hydrogen-bond donors (Lipinski definition) is 2. The zero-order chi connectivity index (χ0) is 15.5. The van der Waals surface area contributed by atoms with E-state index in [0.29, 0.717) is 17.1 Å². The minimum absolute atomic E-state index is 0.348. The minimum Gasteiger partial charge on any atom is -0.481 e. The number of aromatic nitrogens is 3. The van der Waals surface area contributed by atoms with Crippen LogP contribution in [0.5, 0.6) is 0 Å². The van der Waals surface area contributed by atoms with Gasteiger partial charge in [-0.2, -0.15) is 0 Å². The van der Waals surface area contributed by atoms with Gasteiger partial charge in [0, 0.05) is 18.3 Å². The van der Waals surface area contributed by atoms with E-state index >= 15 is 0 Å². The molecule has 0 aliphatic heterocycles. The summed E-state index contributed by atoms with van der Waals surface area (Å²) in [6.45, 7) is 0. The van der Waals surface area contributed by atoms with Crippen LogP contribution >= 0.6 is 0 Å². The predicted molar refractivity (Wildman–Crippen MR) is 76.1 cm³/mol. The molecule has 0 amide bonds. The van der Waals surface area contributed by atoms with Crippen molar-refractivity contribution in [3.8, 4) is 11.4 Å². The Hall–Kier alpha value is -2.42. The number of anilines is 1. The van der Waals surface area contributed by atoms with Gasteiger partial charge in [0.2, 0.25) is 10.0 Å². The van der Waals surface area contributed by atoms with Gasteiger partial charge in [-0.05, 0) is 12.1 Å². The largest absolute Gasteiger partial charge is 0.481 e. The molecule has 0 saturated carbocycles. The summed E-state index contributed by atoms with van der Waals surface area (Å²) in [6, 6.07) is 6.65. The molecule has 1 aromatic heterocycles. The molecule has 0 saturated heterocycles. The highest BCUT2D eigenvalue weighted by Crippen LogP contribution is 2.20. The minimum atomic E-state index is -3.70. The molecule has 0 radical (unpaired) electrons. The van der Waals surface area contributed by atoms with E-state index in [1.807, 2.05) is 0 Å². The molecule has 21 heavy (non-hydrogen) atoms. The fourth-order valence-corrected chi connectivity index (χ4v) is 2.75. The molecule has 0 aliphatic carbocycles. The number of nitrogens with one attached hydrogen (secondary N) is 1. The lowest BCUT2D eigenvalue weighted by molar-refractivity contribution is -0.136. The molecule has 0 fully saturated rings. The van der Waals surface area contributed by atoms with E-state index in [1.54, 1.807) is 42.2 Å². The van der Waals surface area contributed by atoms with Gasteiger partial charge in [-0.25, -0.2) is 8.42 Å². The molecular formula is C12H14N4O4S. The van der Waals surface area contributed by atoms with Crippen molar-refractivity contribution >= 4 is 21.7 Å². The average molecular weight is 310 g/mol. The maximum Gasteiger partial charge on any atom is 0.304 e. The number of sulfonamides is 1. The number of carboxylic acids is 1. The van der Waals surface area contributed by atoms with Gasteiger partial charge in [-0.3, -0.25) is 9.52 Å². The zero-order valence-corrected chi connectivity index (χ0v) is 12.0. The first-order chi connectivity index (χ1) is 9.87. The van der Waals surface area contributed by atoms with Crippen LogP contribution in [0.3, 0.4) is 0 Å². The number of rotatable bonds is 6. The Morgan fingerprint density at radius 3 is 2.81 bits per heavy atom. The van der Waals surface area contributed by atoms with Crippen LogP contribution in [-0.2, 0) is 21.9 Å². The maximum atomic E-state index is 11.8. The smallest absolute Gasteiger partial charge is 0.304 e. The molecule has 0 unspecified atom stereocenters. The lowest BCUT2D eigenvalue weighted by Crippen LogP contribution is -2.18. The standard InChI is InChI=1S/C12H14N4O4S/c1-16-8-13-14-12(16)9-3-2-4-10(7-9)15-21(19,20)6-5-11(17)18/h2-4,7-8,15H,5-6H2,1H3,(H,17,18). The van der Waals surface area contributed by atoms with Crippen molar-refractivity contribution in [3.63, 3.8) is 0 Å². The number of nitrogens with zero attached hydrogens (tertiary/aromatic N) is 3. The van der Waals surface area contributed by atoms with Crippen LogP contribution < -0.4 is 4.72 Å². The van der Waals surface area contributed by atoms with Gasteiger partial charge in [0.15, 0.2) is 5.82 Å². The second-order valence-electron chi connectivity index (χ2n) is 4.41. The average Bonchev–Trinajstić information content (AvgIpc) is 2.83. The monoisotopic (exact) mass is 310 g/mol. The fourth-order valence-electron chi connectivity index (χ4n) is 1.72. The van der Waals surface area contributed by atoms with E-state index in [2.05, 4.69) is 14.9 Å². The Bertz CT molecular complexity index is 754. The van der Waals surface area contributed by atoms with Crippen LogP contribution in [0.15, 0.2) is 30.6 Å². The van der Waals surface area contributed by atoms with E-state index in [9.17, 15) is 13.2 Å². The molecule has 1 heterocycles. The van der Waals surface area contributed by atoms with Gasteiger partial charge in [0.25, 0.3) is 0 Å². The summed E-state index contributed by atoms with van der Waals surface area (Å²) < 4.78 is 27.6. The molecule has 9 heteroatoms. The molecule has 2 N–H and O–H groups in total. The Labute approximate surface area is 121 Å². The molecule has 2 rings (SSSR count). The Kier molecular flexibility index (Phi) is 4.22. The van der Waals surface area contributed by atoms with Gasteiger partial charge in [0.05, 0.1) is 12.2 Å². The number of aryl methyl sites for hydroxylation is 1. The molecule has 0 spiro atoms. The van der Waals surface area contributed by atoms with Gasteiger partial charge in [0.1, 0.15) is 6.33 Å². The number of benzene rings is 1. The van der Waals surface area contributed by atoms with E-state index < -0.39 is 28.2 Å². The van der Waals surface area contributed by atoms with Crippen molar-refractivity contribution in [3.05, 3.63) is 30.6 Å². The number of carbonyl (C=O) groups is 1. The summed E-state index contributed by atoms with van der Waals surface area (Å²) in [7, 11) is -1.92. The Morgan fingerprint density at radius 1 is 1.43 bits per heavy atom. The quantitative estimate of drug-likeness (QED) is 0.811. The summed E-state index contributed by atoms with van der Waals surface area (Å²) in [5, 5.41) is 16.2. The Morgan fingerprint density at radius 2 is 2.19 bits per heavy atom. The van der Waals surface area contributed by atoms with Crippen LogP contribution in [-0.4, -0.2) is 40.0 Å². The van der Waals surface area contributed by atoms with Crippen molar-refractivity contribution in [1.29, 1.82) is 0 Å². The first-order valence-corrected chi connectivity index (χ1v) is 7.69. The summed E-state index contributed by atoms with van der Waals surface area (Å²) >= 11 is 0. The van der Waals surface area contributed by atoms with E-state index in [4.69, 9.17) is 5.11 Å². The lowest BCUT2D eigenvalue weighted by atomic mass is 10.2. The molecule has 8 nitrogen and oxygen atoms in total. The fraction of sp³-hybridized carbons (Fsp3) is 0.250. The number of aliphatic carboxylic acids is 1. The second kappa shape index (κ2) is 5.92. The first kappa shape index (κ1) is 15.0. The molecule has 2 aromatic rings. The van der Waals surface area contributed by atoms with Gasteiger partial charge < -0.3 is 9.67 Å². The van der Waals surface area contributed by atoms with E-state index in [0.717, 1.165) is 0 Å². The van der Waals surface area contributed by atoms with Gasteiger partial charge in [-0.15, -0.1) is 10.2 Å². The van der Waals surface area contributed by atoms with E-state index in [-0.39, 0.29) is 0 Å². The van der Waals surface area contributed by atoms with Gasteiger partial charge in [-0.1, -0.05) is 12.1 Å². The molecule has 1 aromatic carbocycles. The van der Waals surface area contributed by atoms with Crippen molar-refractivity contribution in [1.82, 2.24) is 14.8 Å². The molecule has 0 atom stereocenters. The van der Waals surface area contributed by atoms with Crippen LogP contribution in [0, 0.1) is 0 Å². The molecule has 0 bridgehead atoms. The predicted octanol–water partition coefficient (Wildman–Crippen LogP) is 0.698. The normalized spacial score (nSPS) is 11.3. The highest BCUT2D eigenvalue weighted by molar-refractivity contribution is 7.92. The van der Waals surface area contributed by atoms with Crippen molar-refractivity contribution in [2.45, 2.75) is 6.42 Å². The van der Waals surface area contributed by atoms with Crippen LogP contribution in [0.2, 0.25) is 0 Å². The highest BCUT2D eigenvalue weighted by Gasteiger charge is 2.13. The molecule has 112 valence electrons. The summed E-state index contributed by atoms with van der Waals surface area (Å²) in [6.07, 6.45) is 1.09. The van der Waals surface area contributed by atoms with E-state index in [1.165, 1.54) is 0 Å². The van der Waals surface area contributed by atoms with Crippen molar-refractivity contribution < 1.29 is 18.3 Å². The van der Waals surface area contributed by atoms with Gasteiger partial charge >= 0.3 is 5.97 Å². The molecule has 0 aliphatic rings. The number of hydrogen-bond acceptors (Lipinski definition) is 5. The number of carboxylic acid groups (broad SMARTS) is 1. The topological polar surface area (TPSA) is 114 Å². The van der Waals surface area contributed by atoms with Crippen LogP contribution in [0.25, 0.3) is 11.4 Å². The SMILES string of the molecule is Cn1cnnc1-c1cccc(NS(=O)(=O)CCC(=O)O)c1. The van der Waals surface area contributed by atoms with Crippen LogP contribution in [0.1, 0.15) is 6.42 Å². The van der Waals surface area contributed by atoms with Crippen molar-refractivity contribution in [2.75, 3.05) is 10.5 Å². The molecular weight excluding hydrogens is 296 g/mol. The zero-order valence-electron chi connectivity index (χ0n) is 11.2. The third-order valence-electron chi connectivity index (χ3n) is 2.69. The highest BCUT2D eigenvalue weighted by atomic mass is 32.2.